The number of thiophene rings is 1. The molecule has 1 aromatic heterocycles. The van der Waals surface area contributed by atoms with E-state index >= 15 is 0 Å². The second-order valence-corrected chi connectivity index (χ2v) is 6.71. The van der Waals surface area contributed by atoms with E-state index in [1.165, 1.54) is 11.3 Å². The Labute approximate surface area is 113 Å². The Morgan fingerprint density at radius 3 is 2.53 bits per heavy atom. The molecule has 0 saturated carbocycles. The summed E-state index contributed by atoms with van der Waals surface area (Å²) in [5.74, 6) is -0.247. The van der Waals surface area contributed by atoms with Crippen LogP contribution in [0.15, 0.2) is 15.9 Å². The minimum Gasteiger partial charge on any atom is -0.359 e. The Morgan fingerprint density at radius 1 is 1.41 bits per heavy atom. The number of nitrogens with one attached hydrogen (secondary N) is 2. The second kappa shape index (κ2) is 5.64. The van der Waals surface area contributed by atoms with E-state index in [9.17, 15) is 9.59 Å². The predicted molar refractivity (Wildman–Crippen MR) is 72.2 cm³/mol. The highest BCUT2D eigenvalue weighted by atomic mass is 79.9. The van der Waals surface area contributed by atoms with Gasteiger partial charge in [-0.15, -0.1) is 11.3 Å². The Kier molecular flexibility index (Phi) is 4.70. The van der Waals surface area contributed by atoms with Gasteiger partial charge in [-0.3, -0.25) is 9.59 Å². The molecule has 0 bridgehead atoms. The van der Waals surface area contributed by atoms with Crippen molar-refractivity contribution in [3.05, 3.63) is 20.8 Å². The maximum absolute atomic E-state index is 11.8. The number of amides is 2. The van der Waals surface area contributed by atoms with Crippen LogP contribution in [-0.2, 0) is 4.79 Å². The molecule has 0 unspecified atom stereocenters. The molecule has 0 saturated heterocycles. The molecule has 1 aromatic rings. The molecule has 2 amide bonds. The van der Waals surface area contributed by atoms with Gasteiger partial charge in [0.1, 0.15) is 0 Å². The summed E-state index contributed by atoms with van der Waals surface area (Å²) in [5, 5.41) is 5.34. The molecule has 0 aromatic carbocycles. The zero-order valence-corrected chi connectivity index (χ0v) is 12.4. The van der Waals surface area contributed by atoms with E-state index in [4.69, 9.17) is 0 Å². The van der Waals surface area contributed by atoms with E-state index in [2.05, 4.69) is 26.6 Å². The lowest BCUT2D eigenvalue weighted by Gasteiger charge is -2.22. The van der Waals surface area contributed by atoms with Crippen LogP contribution in [0.4, 0.5) is 0 Å². The third-order valence-electron chi connectivity index (χ3n) is 2.33. The van der Waals surface area contributed by atoms with E-state index in [1.807, 2.05) is 6.07 Å². The third-order valence-corrected chi connectivity index (χ3v) is 3.95. The highest BCUT2D eigenvalue weighted by Crippen LogP contribution is 2.22. The van der Waals surface area contributed by atoms with Crippen molar-refractivity contribution in [1.29, 1.82) is 0 Å². The summed E-state index contributed by atoms with van der Waals surface area (Å²) >= 11 is 4.66. The fraction of sp³-hybridized carbons (Fsp3) is 0.455. The van der Waals surface area contributed by atoms with Crippen molar-refractivity contribution in [3.63, 3.8) is 0 Å². The van der Waals surface area contributed by atoms with Gasteiger partial charge >= 0.3 is 0 Å². The molecule has 2 N–H and O–H groups in total. The van der Waals surface area contributed by atoms with Gasteiger partial charge in [0, 0.05) is 13.6 Å². The summed E-state index contributed by atoms with van der Waals surface area (Å²) in [6.45, 7) is 3.88. The van der Waals surface area contributed by atoms with Crippen LogP contribution in [0.2, 0.25) is 0 Å². The number of hydrogen-bond donors (Lipinski definition) is 2. The number of carbonyl (C=O) groups is 2. The maximum atomic E-state index is 11.8. The van der Waals surface area contributed by atoms with Crippen molar-refractivity contribution in [3.8, 4) is 0 Å². The summed E-state index contributed by atoms with van der Waals surface area (Å²) in [6.07, 6.45) is 0. The van der Waals surface area contributed by atoms with Crippen LogP contribution < -0.4 is 10.6 Å². The summed E-state index contributed by atoms with van der Waals surface area (Å²) in [4.78, 5) is 23.9. The fourth-order valence-electron chi connectivity index (χ4n) is 1.24. The molecule has 0 aliphatic rings. The zero-order valence-electron chi connectivity index (χ0n) is 9.96. The van der Waals surface area contributed by atoms with Gasteiger partial charge in [0.05, 0.1) is 14.1 Å². The normalized spacial score (nSPS) is 11.1. The van der Waals surface area contributed by atoms with Gasteiger partial charge in [0.25, 0.3) is 5.91 Å². The van der Waals surface area contributed by atoms with Crippen molar-refractivity contribution >= 4 is 39.1 Å². The molecule has 0 aliphatic carbocycles. The molecule has 0 radical (unpaired) electrons. The van der Waals surface area contributed by atoms with Crippen molar-refractivity contribution in [2.45, 2.75) is 13.8 Å². The zero-order chi connectivity index (χ0) is 13.1. The van der Waals surface area contributed by atoms with E-state index in [0.717, 1.165) is 3.79 Å². The van der Waals surface area contributed by atoms with E-state index < -0.39 is 5.41 Å². The highest BCUT2D eigenvalue weighted by molar-refractivity contribution is 9.11. The molecule has 1 rings (SSSR count). The van der Waals surface area contributed by atoms with Crippen LogP contribution in [0.5, 0.6) is 0 Å². The first-order chi connectivity index (χ1) is 7.86. The molecule has 4 nitrogen and oxygen atoms in total. The molecule has 94 valence electrons. The lowest BCUT2D eigenvalue weighted by Crippen LogP contribution is -2.43. The van der Waals surface area contributed by atoms with Gasteiger partial charge in [0.15, 0.2) is 0 Å². The number of hydrogen-bond acceptors (Lipinski definition) is 3. The molecule has 0 aliphatic heterocycles. The minimum absolute atomic E-state index is 0.0924. The van der Waals surface area contributed by atoms with Gasteiger partial charge in [-0.05, 0) is 41.9 Å². The first kappa shape index (κ1) is 14.2. The largest absolute Gasteiger partial charge is 0.359 e. The lowest BCUT2D eigenvalue weighted by atomic mass is 9.92. The molecular formula is C11H15BrN2O2S. The minimum atomic E-state index is -0.612. The first-order valence-electron chi connectivity index (χ1n) is 5.12. The summed E-state index contributed by atoms with van der Waals surface area (Å²) in [6, 6.07) is 3.57. The Bertz CT molecular complexity index is 429. The molecular weight excluding hydrogens is 304 g/mol. The van der Waals surface area contributed by atoms with Crippen molar-refractivity contribution in [2.24, 2.45) is 5.41 Å². The molecule has 0 spiro atoms. The van der Waals surface area contributed by atoms with Crippen LogP contribution in [0.3, 0.4) is 0 Å². The lowest BCUT2D eigenvalue weighted by molar-refractivity contribution is -0.128. The van der Waals surface area contributed by atoms with Gasteiger partial charge in [0.2, 0.25) is 5.91 Å². The second-order valence-electron chi connectivity index (χ2n) is 4.25. The van der Waals surface area contributed by atoms with Gasteiger partial charge < -0.3 is 10.6 Å². The standard InChI is InChI=1S/C11H15BrN2O2S/c1-11(2,10(16)13-3)6-14-9(15)7-4-5-8(12)17-7/h4-5H,6H2,1-3H3,(H,13,16)(H,14,15). The molecule has 6 heteroatoms. The number of rotatable bonds is 4. The summed E-state index contributed by atoms with van der Waals surface area (Å²) < 4.78 is 0.910. The Hall–Kier alpha value is -0.880. The smallest absolute Gasteiger partial charge is 0.261 e. The molecule has 0 atom stereocenters. The maximum Gasteiger partial charge on any atom is 0.261 e. The molecule has 17 heavy (non-hydrogen) atoms. The highest BCUT2D eigenvalue weighted by Gasteiger charge is 2.27. The SMILES string of the molecule is CNC(=O)C(C)(C)CNC(=O)c1ccc(Br)s1. The Balaban J connectivity index is 2.57. The fourth-order valence-corrected chi connectivity index (χ4v) is 2.55. The molecule has 0 fully saturated rings. The first-order valence-corrected chi connectivity index (χ1v) is 6.73. The van der Waals surface area contributed by atoms with Crippen LogP contribution in [0.25, 0.3) is 0 Å². The van der Waals surface area contributed by atoms with Crippen molar-refractivity contribution in [1.82, 2.24) is 10.6 Å². The summed E-state index contributed by atoms with van der Waals surface area (Å²) in [5.41, 5.74) is -0.612. The number of halogens is 1. The average molecular weight is 319 g/mol. The van der Waals surface area contributed by atoms with Crippen molar-refractivity contribution < 1.29 is 9.59 Å². The topological polar surface area (TPSA) is 58.2 Å². The van der Waals surface area contributed by atoms with E-state index in [-0.39, 0.29) is 11.8 Å². The van der Waals surface area contributed by atoms with Crippen LogP contribution in [-0.4, -0.2) is 25.4 Å². The quantitative estimate of drug-likeness (QED) is 0.892. The van der Waals surface area contributed by atoms with Gasteiger partial charge in [-0.25, -0.2) is 0 Å². The van der Waals surface area contributed by atoms with Gasteiger partial charge in [-0.1, -0.05) is 0 Å². The third kappa shape index (κ3) is 3.81. The van der Waals surface area contributed by atoms with Crippen LogP contribution in [0.1, 0.15) is 23.5 Å². The van der Waals surface area contributed by atoms with E-state index in [1.54, 1.807) is 27.0 Å². The predicted octanol–water partition coefficient (Wildman–Crippen LogP) is 2.01. The molecule has 1 heterocycles. The van der Waals surface area contributed by atoms with Crippen LogP contribution >= 0.6 is 27.3 Å². The monoisotopic (exact) mass is 318 g/mol. The van der Waals surface area contributed by atoms with E-state index in [0.29, 0.717) is 11.4 Å². The average Bonchev–Trinajstić information content (AvgIpc) is 2.71. The van der Waals surface area contributed by atoms with Gasteiger partial charge in [-0.2, -0.15) is 0 Å². The van der Waals surface area contributed by atoms with Crippen LogP contribution in [0, 0.1) is 5.41 Å². The Morgan fingerprint density at radius 2 is 2.06 bits per heavy atom. The summed E-state index contributed by atoms with van der Waals surface area (Å²) in [7, 11) is 1.59. The number of carbonyl (C=O) groups excluding carboxylic acids is 2. The van der Waals surface area contributed by atoms with Crippen molar-refractivity contribution in [2.75, 3.05) is 13.6 Å².